The Kier molecular flexibility index (Phi) is 7.56. The molecule has 5 heteroatoms. The van der Waals surface area contributed by atoms with Crippen LogP contribution in [0.25, 0.3) is 0 Å². The molecule has 1 rings (SSSR count). The summed E-state index contributed by atoms with van der Waals surface area (Å²) in [6.07, 6.45) is 4.27. The van der Waals surface area contributed by atoms with Crippen LogP contribution in [0.4, 0.5) is 0 Å². The Morgan fingerprint density at radius 3 is 2.85 bits per heavy atom. The molecule has 1 saturated carbocycles. The maximum atomic E-state index is 11.8. The highest BCUT2D eigenvalue weighted by atomic mass is 16.5. The van der Waals surface area contributed by atoms with E-state index in [0.29, 0.717) is 25.6 Å². The number of methoxy groups -OCH3 is 1. The summed E-state index contributed by atoms with van der Waals surface area (Å²) in [4.78, 5) is 13.9. The van der Waals surface area contributed by atoms with E-state index >= 15 is 0 Å². The van der Waals surface area contributed by atoms with Crippen LogP contribution in [-0.2, 0) is 9.53 Å². The summed E-state index contributed by atoms with van der Waals surface area (Å²) in [6.45, 7) is 3.61. The first-order valence-corrected chi connectivity index (χ1v) is 7.47. The van der Waals surface area contributed by atoms with E-state index in [9.17, 15) is 10.1 Å². The van der Waals surface area contributed by atoms with Crippen LogP contribution >= 0.6 is 0 Å². The van der Waals surface area contributed by atoms with Crippen LogP contribution in [0, 0.1) is 23.2 Å². The molecule has 3 unspecified atom stereocenters. The molecule has 1 aliphatic carbocycles. The Bertz CT molecular complexity index is 341. The van der Waals surface area contributed by atoms with Crippen LogP contribution in [0.15, 0.2) is 0 Å². The van der Waals surface area contributed by atoms with Gasteiger partial charge in [-0.1, -0.05) is 13.3 Å². The number of hydrogen-bond donors (Lipinski definition) is 1. The van der Waals surface area contributed by atoms with Gasteiger partial charge >= 0.3 is 0 Å². The van der Waals surface area contributed by atoms with Crippen LogP contribution in [0.2, 0.25) is 0 Å². The van der Waals surface area contributed by atoms with Gasteiger partial charge in [-0.05, 0) is 32.2 Å². The second-order valence-corrected chi connectivity index (χ2v) is 5.65. The maximum absolute atomic E-state index is 11.8. The van der Waals surface area contributed by atoms with Crippen molar-refractivity contribution in [1.82, 2.24) is 10.2 Å². The average Bonchev–Trinajstić information content (AvgIpc) is 2.46. The number of rotatable bonds is 7. The molecular weight excluding hydrogens is 254 g/mol. The van der Waals surface area contributed by atoms with Gasteiger partial charge < -0.3 is 10.1 Å². The van der Waals surface area contributed by atoms with Gasteiger partial charge in [-0.3, -0.25) is 9.69 Å². The molecule has 0 aliphatic heterocycles. The topological polar surface area (TPSA) is 65.4 Å². The minimum absolute atomic E-state index is 0.000128. The molecule has 0 aromatic heterocycles. The van der Waals surface area contributed by atoms with Crippen molar-refractivity contribution >= 4 is 5.91 Å². The van der Waals surface area contributed by atoms with Crippen molar-refractivity contribution in [2.24, 2.45) is 11.8 Å². The number of nitrogens with one attached hydrogen (secondary N) is 1. The van der Waals surface area contributed by atoms with Crippen molar-refractivity contribution in [1.29, 1.82) is 5.26 Å². The summed E-state index contributed by atoms with van der Waals surface area (Å²) < 4.78 is 4.91. The lowest BCUT2D eigenvalue weighted by Gasteiger charge is -2.37. The molecule has 1 amide bonds. The van der Waals surface area contributed by atoms with E-state index in [0.717, 1.165) is 25.7 Å². The Balaban J connectivity index is 2.48. The van der Waals surface area contributed by atoms with E-state index < -0.39 is 0 Å². The summed E-state index contributed by atoms with van der Waals surface area (Å²) in [7, 11) is 3.56. The third-order valence-electron chi connectivity index (χ3n) is 4.26. The summed E-state index contributed by atoms with van der Waals surface area (Å²) >= 11 is 0. The van der Waals surface area contributed by atoms with Crippen LogP contribution in [0.5, 0.6) is 0 Å². The second-order valence-electron chi connectivity index (χ2n) is 5.65. The quantitative estimate of drug-likeness (QED) is 0.716. The van der Waals surface area contributed by atoms with Gasteiger partial charge in [-0.25, -0.2) is 0 Å². The first-order chi connectivity index (χ1) is 9.62. The Morgan fingerprint density at radius 2 is 2.25 bits per heavy atom. The van der Waals surface area contributed by atoms with Crippen LogP contribution in [0.1, 0.15) is 32.6 Å². The zero-order valence-electron chi connectivity index (χ0n) is 12.9. The number of amides is 1. The van der Waals surface area contributed by atoms with Gasteiger partial charge in [0.2, 0.25) is 5.91 Å². The molecule has 1 aliphatic rings. The molecular formula is C15H27N3O2. The van der Waals surface area contributed by atoms with Crippen molar-refractivity contribution < 1.29 is 9.53 Å². The van der Waals surface area contributed by atoms with E-state index in [-0.39, 0.29) is 17.9 Å². The fourth-order valence-corrected chi connectivity index (χ4v) is 2.93. The van der Waals surface area contributed by atoms with Crippen molar-refractivity contribution in [2.45, 2.75) is 38.6 Å². The number of nitriles is 1. The van der Waals surface area contributed by atoms with Crippen LogP contribution in [0.3, 0.4) is 0 Å². The lowest BCUT2D eigenvalue weighted by Crippen LogP contribution is -2.46. The molecule has 3 atom stereocenters. The van der Waals surface area contributed by atoms with Crippen molar-refractivity contribution in [3.8, 4) is 6.07 Å². The molecule has 1 N–H and O–H groups in total. The first-order valence-electron chi connectivity index (χ1n) is 7.47. The van der Waals surface area contributed by atoms with Gasteiger partial charge in [0, 0.05) is 19.7 Å². The summed E-state index contributed by atoms with van der Waals surface area (Å²) in [6, 6.07) is 2.61. The molecule has 0 aromatic rings. The minimum atomic E-state index is -0.000128. The monoisotopic (exact) mass is 281 g/mol. The highest BCUT2D eigenvalue weighted by Crippen LogP contribution is 2.33. The van der Waals surface area contributed by atoms with E-state index in [1.54, 1.807) is 7.11 Å². The molecule has 20 heavy (non-hydrogen) atoms. The third kappa shape index (κ3) is 5.10. The van der Waals surface area contributed by atoms with Gasteiger partial charge in [0.15, 0.2) is 0 Å². The first kappa shape index (κ1) is 16.9. The highest BCUT2D eigenvalue weighted by molar-refractivity contribution is 5.78. The van der Waals surface area contributed by atoms with Gasteiger partial charge in [-0.15, -0.1) is 0 Å². The Labute approximate surface area is 122 Å². The molecule has 0 aromatic carbocycles. The van der Waals surface area contributed by atoms with E-state index in [4.69, 9.17) is 4.74 Å². The molecule has 1 fully saturated rings. The van der Waals surface area contributed by atoms with Crippen LogP contribution in [-0.4, -0.2) is 50.7 Å². The molecule has 114 valence electrons. The molecule has 0 radical (unpaired) electrons. The molecule has 0 saturated heterocycles. The van der Waals surface area contributed by atoms with Gasteiger partial charge in [0.05, 0.1) is 25.1 Å². The largest absolute Gasteiger partial charge is 0.383 e. The number of carbonyl (C=O) groups excluding carboxylic acids is 1. The third-order valence-corrected chi connectivity index (χ3v) is 4.26. The lowest BCUT2D eigenvalue weighted by molar-refractivity contribution is -0.123. The van der Waals surface area contributed by atoms with Gasteiger partial charge in [0.1, 0.15) is 0 Å². The highest BCUT2D eigenvalue weighted by Gasteiger charge is 2.32. The molecule has 0 bridgehead atoms. The second kappa shape index (κ2) is 8.93. The normalized spacial score (nSPS) is 26.2. The molecule has 0 spiro atoms. The van der Waals surface area contributed by atoms with E-state index in [2.05, 4.69) is 18.3 Å². The van der Waals surface area contributed by atoms with E-state index in [1.165, 1.54) is 0 Å². The smallest absolute Gasteiger partial charge is 0.234 e. The molecule has 5 nitrogen and oxygen atoms in total. The predicted octanol–water partition coefficient (Wildman–Crippen LogP) is 1.40. The van der Waals surface area contributed by atoms with Crippen molar-refractivity contribution in [3.05, 3.63) is 0 Å². The number of likely N-dealkylation sites (N-methyl/N-ethyl adjacent to an activating group) is 1. The standard InChI is InChI=1S/C15H27N3O2/c1-4-12-5-6-13(10-16)14(9-12)18(2)11-15(19)17-7-8-20-3/h12-14H,4-9,11H2,1-3H3,(H,17,19). The molecule has 0 heterocycles. The SMILES string of the molecule is CCC1CCC(C#N)C(N(C)CC(=O)NCCOC)C1. The van der Waals surface area contributed by atoms with E-state index in [1.807, 2.05) is 11.9 Å². The summed E-state index contributed by atoms with van der Waals surface area (Å²) in [5, 5.41) is 12.1. The summed E-state index contributed by atoms with van der Waals surface area (Å²) in [5.74, 6) is 0.734. The average molecular weight is 281 g/mol. The maximum Gasteiger partial charge on any atom is 0.234 e. The zero-order chi connectivity index (χ0) is 15.0. The summed E-state index contributed by atoms with van der Waals surface area (Å²) in [5.41, 5.74) is 0. The number of nitrogens with zero attached hydrogens (tertiary/aromatic N) is 2. The Morgan fingerprint density at radius 1 is 1.50 bits per heavy atom. The number of hydrogen-bond acceptors (Lipinski definition) is 4. The number of carbonyl (C=O) groups is 1. The fraction of sp³-hybridized carbons (Fsp3) is 0.867. The number of ether oxygens (including phenoxy) is 1. The Hall–Kier alpha value is -1.12. The van der Waals surface area contributed by atoms with Crippen molar-refractivity contribution in [3.63, 3.8) is 0 Å². The zero-order valence-corrected chi connectivity index (χ0v) is 12.9. The van der Waals surface area contributed by atoms with Crippen molar-refractivity contribution in [2.75, 3.05) is 33.9 Å². The fourth-order valence-electron chi connectivity index (χ4n) is 2.93. The van der Waals surface area contributed by atoms with Gasteiger partial charge in [-0.2, -0.15) is 5.26 Å². The predicted molar refractivity (Wildman–Crippen MR) is 78.0 cm³/mol. The van der Waals surface area contributed by atoms with Gasteiger partial charge in [0.25, 0.3) is 0 Å². The minimum Gasteiger partial charge on any atom is -0.383 e. The van der Waals surface area contributed by atoms with Crippen LogP contribution < -0.4 is 5.32 Å². The lowest BCUT2D eigenvalue weighted by atomic mass is 9.77.